The molecule has 1 unspecified atom stereocenters. The molecule has 0 aromatic carbocycles. The summed E-state index contributed by atoms with van der Waals surface area (Å²) in [7, 11) is 1.76. The molecule has 1 saturated heterocycles. The van der Waals surface area contributed by atoms with Crippen molar-refractivity contribution in [1.82, 2.24) is 5.32 Å². The first-order valence-corrected chi connectivity index (χ1v) is 3.84. The Balaban J connectivity index is 2.51. The van der Waals surface area contributed by atoms with Gasteiger partial charge in [-0.1, -0.05) is 0 Å². The minimum absolute atomic E-state index is 0.0613. The quantitative estimate of drug-likeness (QED) is 0.464. The maximum atomic E-state index is 9.46. The van der Waals surface area contributed by atoms with Gasteiger partial charge in [-0.15, -0.1) is 0 Å². The van der Waals surface area contributed by atoms with Crippen LogP contribution in [0.15, 0.2) is 0 Å². The first-order chi connectivity index (χ1) is 5.15. The lowest BCUT2D eigenvalue weighted by atomic mass is 10.0. The minimum Gasteiger partial charge on any atom is -0.389 e. The van der Waals surface area contributed by atoms with Crippen molar-refractivity contribution in [2.24, 2.45) is 0 Å². The molecule has 0 aliphatic carbocycles. The number of hydrogen-bond acceptors (Lipinski definition) is 4. The minimum atomic E-state index is -0.745. The first kappa shape index (κ1) is 8.93. The van der Waals surface area contributed by atoms with Crippen LogP contribution in [-0.2, 0) is 4.74 Å². The fraction of sp³-hybridized carbons (Fsp3) is 1.00. The smallest absolute Gasteiger partial charge is 0.156 e. The molecule has 0 spiro atoms. The topological polar surface area (TPSA) is 61.7 Å². The highest BCUT2D eigenvalue weighted by atomic mass is 16.6. The SMILES string of the molecule is CN[C@H]1CC(O)O[C@@H](C)[C@H]1O. The van der Waals surface area contributed by atoms with Gasteiger partial charge in [0.1, 0.15) is 0 Å². The van der Waals surface area contributed by atoms with Crippen LogP contribution in [-0.4, -0.2) is 41.8 Å². The van der Waals surface area contributed by atoms with Crippen LogP contribution in [0.25, 0.3) is 0 Å². The maximum Gasteiger partial charge on any atom is 0.156 e. The lowest BCUT2D eigenvalue weighted by molar-refractivity contribution is -0.201. The molecule has 11 heavy (non-hydrogen) atoms. The van der Waals surface area contributed by atoms with E-state index in [-0.39, 0.29) is 12.1 Å². The molecular weight excluding hydrogens is 146 g/mol. The summed E-state index contributed by atoms with van der Waals surface area (Å²) in [4.78, 5) is 0. The molecule has 0 saturated carbocycles. The van der Waals surface area contributed by atoms with Gasteiger partial charge in [0.15, 0.2) is 6.29 Å². The van der Waals surface area contributed by atoms with Gasteiger partial charge in [-0.05, 0) is 14.0 Å². The Morgan fingerprint density at radius 2 is 2.09 bits per heavy atom. The number of nitrogens with one attached hydrogen (secondary N) is 1. The second-order valence-electron chi connectivity index (χ2n) is 2.92. The molecule has 1 aliphatic heterocycles. The van der Waals surface area contributed by atoms with Crippen molar-refractivity contribution in [3.05, 3.63) is 0 Å². The van der Waals surface area contributed by atoms with Gasteiger partial charge in [-0.25, -0.2) is 0 Å². The summed E-state index contributed by atoms with van der Waals surface area (Å²) >= 11 is 0. The fourth-order valence-corrected chi connectivity index (χ4v) is 1.36. The Bertz CT molecular complexity index is 131. The van der Waals surface area contributed by atoms with E-state index in [0.717, 1.165) is 0 Å². The predicted molar refractivity (Wildman–Crippen MR) is 40.0 cm³/mol. The van der Waals surface area contributed by atoms with Gasteiger partial charge in [-0.3, -0.25) is 0 Å². The largest absolute Gasteiger partial charge is 0.389 e. The summed E-state index contributed by atoms with van der Waals surface area (Å²) in [6.45, 7) is 1.75. The van der Waals surface area contributed by atoms with Gasteiger partial charge >= 0.3 is 0 Å². The molecule has 1 heterocycles. The summed E-state index contributed by atoms with van der Waals surface area (Å²) in [5.41, 5.74) is 0. The van der Waals surface area contributed by atoms with Crippen molar-refractivity contribution in [3.63, 3.8) is 0 Å². The Hall–Kier alpha value is -0.160. The Kier molecular flexibility index (Phi) is 2.84. The number of rotatable bonds is 1. The second kappa shape index (κ2) is 3.49. The summed E-state index contributed by atoms with van der Waals surface area (Å²) in [5, 5.41) is 21.5. The van der Waals surface area contributed by atoms with E-state index in [2.05, 4.69) is 5.32 Å². The van der Waals surface area contributed by atoms with Crippen molar-refractivity contribution in [2.75, 3.05) is 7.05 Å². The summed E-state index contributed by atoms with van der Waals surface area (Å²) in [5.74, 6) is 0. The Morgan fingerprint density at radius 1 is 1.45 bits per heavy atom. The van der Waals surface area contributed by atoms with Crippen molar-refractivity contribution in [3.8, 4) is 0 Å². The fourth-order valence-electron chi connectivity index (χ4n) is 1.36. The number of aliphatic hydroxyl groups excluding tert-OH is 2. The average molecular weight is 161 g/mol. The molecule has 0 aromatic heterocycles. The van der Waals surface area contributed by atoms with Gasteiger partial charge in [-0.2, -0.15) is 0 Å². The molecule has 66 valence electrons. The van der Waals surface area contributed by atoms with Crippen LogP contribution >= 0.6 is 0 Å². The Labute approximate surface area is 66.2 Å². The zero-order valence-electron chi connectivity index (χ0n) is 6.82. The van der Waals surface area contributed by atoms with Gasteiger partial charge in [0.2, 0.25) is 0 Å². The highest BCUT2D eigenvalue weighted by Gasteiger charge is 2.33. The zero-order chi connectivity index (χ0) is 8.43. The van der Waals surface area contributed by atoms with Crippen molar-refractivity contribution in [1.29, 1.82) is 0 Å². The highest BCUT2D eigenvalue weighted by Crippen LogP contribution is 2.17. The van der Waals surface area contributed by atoms with E-state index in [0.29, 0.717) is 6.42 Å². The lowest BCUT2D eigenvalue weighted by Crippen LogP contribution is -2.52. The number of hydrogen-bond donors (Lipinski definition) is 3. The highest BCUT2D eigenvalue weighted by molar-refractivity contribution is 4.84. The molecule has 3 N–H and O–H groups in total. The Morgan fingerprint density at radius 3 is 2.64 bits per heavy atom. The third-order valence-electron chi connectivity index (χ3n) is 2.09. The standard InChI is InChI=1S/C7H15NO3/c1-4-7(10)5(8-2)3-6(9)11-4/h4-10H,3H2,1-2H3/t4-,5-,6?,7+/m0/s1. The van der Waals surface area contributed by atoms with E-state index in [1.165, 1.54) is 0 Å². The lowest BCUT2D eigenvalue weighted by Gasteiger charge is -2.35. The van der Waals surface area contributed by atoms with E-state index in [1.54, 1.807) is 14.0 Å². The number of ether oxygens (including phenoxy) is 1. The monoisotopic (exact) mass is 161 g/mol. The molecule has 0 amide bonds. The molecule has 4 atom stereocenters. The summed E-state index contributed by atoms with van der Waals surface area (Å²) in [6.07, 6.45) is -1.12. The maximum absolute atomic E-state index is 9.46. The predicted octanol–water partition coefficient (Wildman–Crippen LogP) is -0.938. The van der Waals surface area contributed by atoms with Gasteiger partial charge in [0.25, 0.3) is 0 Å². The molecule has 4 nitrogen and oxygen atoms in total. The third kappa shape index (κ3) is 1.90. The van der Waals surface area contributed by atoms with Gasteiger partial charge in [0, 0.05) is 12.5 Å². The number of likely N-dealkylation sites (N-methyl/N-ethyl adjacent to an activating group) is 1. The van der Waals surface area contributed by atoms with E-state index in [1.807, 2.05) is 0 Å². The van der Waals surface area contributed by atoms with Crippen LogP contribution in [0.3, 0.4) is 0 Å². The van der Waals surface area contributed by atoms with Gasteiger partial charge < -0.3 is 20.3 Å². The van der Waals surface area contributed by atoms with Gasteiger partial charge in [0.05, 0.1) is 12.2 Å². The van der Waals surface area contributed by atoms with Crippen LogP contribution in [0.1, 0.15) is 13.3 Å². The summed E-state index contributed by atoms with van der Waals surface area (Å²) in [6, 6.07) is -0.0613. The van der Waals surface area contributed by atoms with Crippen molar-refractivity contribution >= 4 is 0 Å². The van der Waals surface area contributed by atoms with Crippen LogP contribution in [0.2, 0.25) is 0 Å². The normalized spacial score (nSPS) is 45.8. The molecule has 0 radical (unpaired) electrons. The summed E-state index contributed by atoms with van der Waals surface area (Å²) < 4.78 is 5.00. The molecule has 4 heteroatoms. The second-order valence-corrected chi connectivity index (χ2v) is 2.92. The van der Waals surface area contributed by atoms with E-state index >= 15 is 0 Å². The molecule has 1 fully saturated rings. The molecule has 0 bridgehead atoms. The van der Waals surface area contributed by atoms with Crippen LogP contribution < -0.4 is 5.32 Å². The molecule has 0 aromatic rings. The average Bonchev–Trinajstić information content (AvgIpc) is 1.96. The molecular formula is C7H15NO3. The third-order valence-corrected chi connectivity index (χ3v) is 2.09. The van der Waals surface area contributed by atoms with E-state index in [4.69, 9.17) is 9.84 Å². The van der Waals surface area contributed by atoms with Crippen molar-refractivity contribution < 1.29 is 14.9 Å². The van der Waals surface area contributed by atoms with Crippen LogP contribution in [0.4, 0.5) is 0 Å². The molecule has 1 aliphatic rings. The zero-order valence-corrected chi connectivity index (χ0v) is 6.82. The van der Waals surface area contributed by atoms with E-state index < -0.39 is 12.4 Å². The van der Waals surface area contributed by atoms with Crippen LogP contribution in [0, 0.1) is 0 Å². The number of aliphatic hydroxyl groups is 2. The molecule has 1 rings (SSSR count). The van der Waals surface area contributed by atoms with Crippen molar-refractivity contribution in [2.45, 2.75) is 37.9 Å². The van der Waals surface area contributed by atoms with E-state index in [9.17, 15) is 5.11 Å². The van der Waals surface area contributed by atoms with Crippen LogP contribution in [0.5, 0.6) is 0 Å². The first-order valence-electron chi connectivity index (χ1n) is 3.84.